The van der Waals surface area contributed by atoms with Crippen LogP contribution in [-0.2, 0) is 23.8 Å². The molecule has 0 aromatic rings. The minimum atomic E-state index is -0.599. The van der Waals surface area contributed by atoms with Gasteiger partial charge in [0.1, 0.15) is 6.10 Å². The smallest absolute Gasteiger partial charge is 0.308 e. The summed E-state index contributed by atoms with van der Waals surface area (Å²) in [5.74, 6) is 1.93. The summed E-state index contributed by atoms with van der Waals surface area (Å²) < 4.78 is 16.0. The van der Waals surface area contributed by atoms with Crippen LogP contribution in [0.4, 0.5) is 0 Å². The molecule has 0 rings (SSSR count). The van der Waals surface area contributed by atoms with Crippen LogP contribution in [0.5, 0.6) is 0 Å². The summed E-state index contributed by atoms with van der Waals surface area (Å²) in [4.78, 5) is 23.1. The molecule has 0 radical (unpaired) electrons. The number of carbonyl (C=O) groups excluding carboxylic acids is 2. The van der Waals surface area contributed by atoms with Crippen LogP contribution in [0.2, 0.25) is 0 Å². The van der Waals surface area contributed by atoms with Crippen LogP contribution in [0.1, 0.15) is 72.6 Å². The average Bonchev–Trinajstić information content (AvgIpc) is 2.61. The van der Waals surface area contributed by atoms with E-state index in [0.717, 1.165) is 18.4 Å². The molecule has 28 heavy (non-hydrogen) atoms. The fraction of sp³-hybridized carbons (Fsp3) is 0.727. The number of esters is 2. The first-order chi connectivity index (χ1) is 13.4. The van der Waals surface area contributed by atoms with Crippen LogP contribution >= 0.6 is 0 Å². The molecule has 0 heterocycles. The van der Waals surface area contributed by atoms with Crippen LogP contribution in [0.15, 0.2) is 11.6 Å². The number of terminal acetylenes is 1. The highest BCUT2D eigenvalue weighted by atomic mass is 16.5. The first kappa shape index (κ1) is 26.2. The van der Waals surface area contributed by atoms with Crippen molar-refractivity contribution in [1.82, 2.24) is 0 Å². The van der Waals surface area contributed by atoms with Gasteiger partial charge >= 0.3 is 11.9 Å². The third-order valence-corrected chi connectivity index (χ3v) is 4.10. The van der Waals surface area contributed by atoms with E-state index in [1.807, 2.05) is 19.9 Å². The van der Waals surface area contributed by atoms with Crippen LogP contribution in [-0.4, -0.2) is 48.6 Å². The molecule has 0 aromatic heterocycles. The van der Waals surface area contributed by atoms with Gasteiger partial charge in [-0.2, -0.15) is 0 Å². The standard InChI is InChI=1S/C22H36O6/c1-6-10-19(16-22(25)26-9-4)27-13-12-17(5)14-18(23)15-20(11-7-2)28-21(24)8-3/h1,12,18-20,23H,7-11,13-16H2,2-5H3/b17-12-/t18-,19+,20-/m0/s1. The van der Waals surface area contributed by atoms with Crippen LogP contribution in [0.25, 0.3) is 0 Å². The van der Waals surface area contributed by atoms with Gasteiger partial charge in [-0.15, -0.1) is 12.3 Å². The lowest BCUT2D eigenvalue weighted by atomic mass is 10.0. The van der Waals surface area contributed by atoms with E-state index < -0.39 is 6.10 Å². The van der Waals surface area contributed by atoms with Gasteiger partial charge in [0.25, 0.3) is 0 Å². The van der Waals surface area contributed by atoms with Gasteiger partial charge in [0, 0.05) is 19.3 Å². The van der Waals surface area contributed by atoms with E-state index in [1.54, 1.807) is 13.8 Å². The zero-order valence-corrected chi connectivity index (χ0v) is 17.7. The van der Waals surface area contributed by atoms with Crippen molar-refractivity contribution in [2.75, 3.05) is 13.2 Å². The Morgan fingerprint density at radius 3 is 2.43 bits per heavy atom. The van der Waals surface area contributed by atoms with Gasteiger partial charge in [0.05, 0.1) is 31.8 Å². The molecule has 0 aliphatic rings. The second-order valence-corrected chi connectivity index (χ2v) is 6.77. The highest BCUT2D eigenvalue weighted by molar-refractivity contribution is 5.70. The summed E-state index contributed by atoms with van der Waals surface area (Å²) in [6.07, 6.45) is 9.21. The van der Waals surface area contributed by atoms with Crippen molar-refractivity contribution in [2.24, 2.45) is 0 Å². The van der Waals surface area contributed by atoms with Crippen LogP contribution < -0.4 is 0 Å². The lowest BCUT2D eigenvalue weighted by Crippen LogP contribution is -2.24. The fourth-order valence-corrected chi connectivity index (χ4v) is 2.71. The molecule has 0 aliphatic heterocycles. The van der Waals surface area contributed by atoms with Crippen molar-refractivity contribution in [3.05, 3.63) is 11.6 Å². The van der Waals surface area contributed by atoms with Gasteiger partial charge in [-0.25, -0.2) is 0 Å². The number of hydrogen-bond acceptors (Lipinski definition) is 6. The number of aliphatic hydroxyl groups excluding tert-OH is 1. The Labute approximate surface area is 169 Å². The predicted molar refractivity (Wildman–Crippen MR) is 109 cm³/mol. The van der Waals surface area contributed by atoms with E-state index in [2.05, 4.69) is 5.92 Å². The predicted octanol–water partition coefficient (Wildman–Crippen LogP) is 3.56. The Morgan fingerprint density at radius 1 is 1.14 bits per heavy atom. The summed E-state index contributed by atoms with van der Waals surface area (Å²) >= 11 is 0. The van der Waals surface area contributed by atoms with E-state index in [4.69, 9.17) is 20.6 Å². The number of rotatable bonds is 15. The van der Waals surface area contributed by atoms with Crippen LogP contribution in [0.3, 0.4) is 0 Å². The molecule has 160 valence electrons. The molecular formula is C22H36O6. The molecule has 0 saturated heterocycles. The van der Waals surface area contributed by atoms with E-state index in [1.165, 1.54) is 0 Å². The molecule has 0 spiro atoms. The zero-order valence-electron chi connectivity index (χ0n) is 17.7. The van der Waals surface area contributed by atoms with Crippen molar-refractivity contribution < 1.29 is 28.9 Å². The van der Waals surface area contributed by atoms with Crippen molar-refractivity contribution in [2.45, 2.75) is 91.0 Å². The largest absolute Gasteiger partial charge is 0.466 e. The van der Waals surface area contributed by atoms with Gasteiger partial charge in [-0.05, 0) is 26.7 Å². The Balaban J connectivity index is 4.47. The van der Waals surface area contributed by atoms with E-state index in [-0.39, 0.29) is 30.6 Å². The average molecular weight is 397 g/mol. The van der Waals surface area contributed by atoms with Crippen molar-refractivity contribution in [1.29, 1.82) is 0 Å². The second kappa shape index (κ2) is 16.1. The second-order valence-electron chi connectivity index (χ2n) is 6.77. The van der Waals surface area contributed by atoms with E-state index >= 15 is 0 Å². The number of carbonyl (C=O) groups is 2. The summed E-state index contributed by atoms with van der Waals surface area (Å²) in [6.45, 7) is 8.05. The number of aliphatic hydroxyl groups is 1. The third kappa shape index (κ3) is 13.3. The number of hydrogen-bond donors (Lipinski definition) is 1. The Kier molecular flexibility index (Phi) is 15.1. The van der Waals surface area contributed by atoms with Crippen molar-refractivity contribution in [3.63, 3.8) is 0 Å². The quantitative estimate of drug-likeness (QED) is 0.259. The maximum Gasteiger partial charge on any atom is 0.308 e. The highest BCUT2D eigenvalue weighted by Gasteiger charge is 2.18. The van der Waals surface area contributed by atoms with Crippen LogP contribution in [0, 0.1) is 12.3 Å². The molecule has 0 aliphatic carbocycles. The molecule has 0 unspecified atom stereocenters. The maximum absolute atomic E-state index is 11.6. The molecule has 6 heteroatoms. The minimum Gasteiger partial charge on any atom is -0.466 e. The topological polar surface area (TPSA) is 82.1 Å². The van der Waals surface area contributed by atoms with Gasteiger partial charge < -0.3 is 19.3 Å². The molecular weight excluding hydrogens is 360 g/mol. The van der Waals surface area contributed by atoms with Gasteiger partial charge in [0.2, 0.25) is 0 Å². The highest BCUT2D eigenvalue weighted by Crippen LogP contribution is 2.16. The summed E-state index contributed by atoms with van der Waals surface area (Å²) in [6, 6.07) is 0. The van der Waals surface area contributed by atoms with Crippen molar-refractivity contribution >= 4 is 11.9 Å². The lowest BCUT2D eigenvalue weighted by molar-refractivity contribution is -0.150. The minimum absolute atomic E-state index is 0.120. The zero-order chi connectivity index (χ0) is 21.4. The Hall–Kier alpha value is -1.84. The molecule has 0 amide bonds. The van der Waals surface area contributed by atoms with E-state index in [0.29, 0.717) is 38.9 Å². The fourth-order valence-electron chi connectivity index (χ4n) is 2.71. The Morgan fingerprint density at radius 2 is 1.86 bits per heavy atom. The van der Waals surface area contributed by atoms with Crippen molar-refractivity contribution in [3.8, 4) is 12.3 Å². The molecule has 0 aromatic carbocycles. The molecule has 6 nitrogen and oxygen atoms in total. The van der Waals surface area contributed by atoms with Gasteiger partial charge in [-0.1, -0.05) is 31.9 Å². The SMILES string of the molecule is C#CC[C@H](CC(=O)OCC)OC/C=C(/C)C[C@H](O)C[C@H](CCC)OC(=O)CC. The lowest BCUT2D eigenvalue weighted by Gasteiger charge is -2.20. The number of ether oxygens (including phenoxy) is 3. The molecule has 1 N–H and O–H groups in total. The first-order valence-corrected chi connectivity index (χ1v) is 10.1. The van der Waals surface area contributed by atoms with Gasteiger partial charge in [-0.3, -0.25) is 9.59 Å². The summed E-state index contributed by atoms with van der Waals surface area (Å²) in [5, 5.41) is 10.3. The molecule has 0 fully saturated rings. The summed E-state index contributed by atoms with van der Waals surface area (Å²) in [5.41, 5.74) is 0.958. The molecule has 0 bridgehead atoms. The monoisotopic (exact) mass is 396 g/mol. The summed E-state index contributed by atoms with van der Waals surface area (Å²) in [7, 11) is 0. The van der Waals surface area contributed by atoms with Gasteiger partial charge in [0.15, 0.2) is 0 Å². The molecule has 0 saturated carbocycles. The van der Waals surface area contributed by atoms with E-state index in [9.17, 15) is 14.7 Å². The Bertz CT molecular complexity index is 520. The normalized spacial score (nSPS) is 14.6. The molecule has 3 atom stereocenters. The first-order valence-electron chi connectivity index (χ1n) is 10.1. The maximum atomic E-state index is 11.6. The third-order valence-electron chi connectivity index (χ3n) is 4.10.